The summed E-state index contributed by atoms with van der Waals surface area (Å²) in [4.78, 5) is 0. The molecular weight excluding hydrogens is 196 g/mol. The molecule has 1 heterocycles. The molecule has 3 rings (SSSR count). The second-order valence-electron chi connectivity index (χ2n) is 6.49. The van der Waals surface area contributed by atoms with Crippen molar-refractivity contribution in [2.75, 3.05) is 26.2 Å². The van der Waals surface area contributed by atoms with Gasteiger partial charge in [-0.3, -0.25) is 0 Å². The fourth-order valence-electron chi connectivity index (χ4n) is 3.57. The normalized spacial score (nSPS) is 33.9. The Bertz CT molecular complexity index is 241. The maximum absolute atomic E-state index is 3.72. The highest BCUT2D eigenvalue weighted by Crippen LogP contribution is 2.58. The summed E-state index contributed by atoms with van der Waals surface area (Å²) in [6.45, 7) is 7.48. The Morgan fingerprint density at radius 2 is 2.06 bits per heavy atom. The first-order valence-corrected chi connectivity index (χ1v) is 7.22. The standard InChI is InChI=1S/C14H26N2/c1-11(12-2-3-12)9-16-10-13-8-14(13)4-6-15-7-5-14/h11-13,15-16H,2-10H2,1H3. The monoisotopic (exact) mass is 222 g/mol. The number of piperidine rings is 1. The van der Waals surface area contributed by atoms with Gasteiger partial charge in [0.05, 0.1) is 0 Å². The molecule has 1 aliphatic heterocycles. The van der Waals surface area contributed by atoms with Gasteiger partial charge in [-0.25, -0.2) is 0 Å². The predicted molar refractivity (Wildman–Crippen MR) is 67.4 cm³/mol. The topological polar surface area (TPSA) is 24.1 Å². The number of hydrogen-bond donors (Lipinski definition) is 2. The molecule has 2 aliphatic carbocycles. The first-order chi connectivity index (χ1) is 7.80. The Kier molecular flexibility index (Phi) is 2.97. The van der Waals surface area contributed by atoms with Gasteiger partial charge in [-0.1, -0.05) is 6.92 Å². The molecule has 0 aromatic heterocycles. The molecule has 0 aromatic rings. The summed E-state index contributed by atoms with van der Waals surface area (Å²) in [7, 11) is 0. The molecule has 16 heavy (non-hydrogen) atoms. The van der Waals surface area contributed by atoms with Gasteiger partial charge in [0.15, 0.2) is 0 Å². The van der Waals surface area contributed by atoms with Crippen molar-refractivity contribution >= 4 is 0 Å². The van der Waals surface area contributed by atoms with Crippen LogP contribution in [-0.2, 0) is 0 Å². The summed E-state index contributed by atoms with van der Waals surface area (Å²) >= 11 is 0. The van der Waals surface area contributed by atoms with E-state index in [2.05, 4.69) is 17.6 Å². The van der Waals surface area contributed by atoms with Crippen molar-refractivity contribution in [2.24, 2.45) is 23.2 Å². The summed E-state index contributed by atoms with van der Waals surface area (Å²) in [5, 5.41) is 7.20. The first kappa shape index (κ1) is 11.0. The Balaban J connectivity index is 1.34. The summed E-state index contributed by atoms with van der Waals surface area (Å²) in [6, 6.07) is 0. The Morgan fingerprint density at radius 1 is 1.31 bits per heavy atom. The highest BCUT2D eigenvalue weighted by molar-refractivity contribution is 5.05. The van der Waals surface area contributed by atoms with Gasteiger partial charge in [0.1, 0.15) is 0 Å². The molecule has 2 N–H and O–H groups in total. The molecule has 92 valence electrons. The van der Waals surface area contributed by atoms with E-state index in [1.807, 2.05) is 0 Å². The zero-order chi connectivity index (χ0) is 11.0. The maximum atomic E-state index is 3.72. The maximum Gasteiger partial charge on any atom is -0.00149 e. The van der Waals surface area contributed by atoms with Crippen molar-refractivity contribution < 1.29 is 0 Å². The summed E-state index contributed by atoms with van der Waals surface area (Å²) in [5.74, 6) is 2.98. The first-order valence-electron chi connectivity index (χ1n) is 7.22. The molecule has 2 heteroatoms. The number of rotatable bonds is 5. The molecule has 2 unspecified atom stereocenters. The fraction of sp³-hybridized carbons (Fsp3) is 1.00. The third-order valence-electron chi connectivity index (χ3n) is 5.24. The summed E-state index contributed by atoms with van der Waals surface area (Å²) < 4.78 is 0. The quantitative estimate of drug-likeness (QED) is 0.743. The van der Waals surface area contributed by atoms with Gasteiger partial charge in [0.2, 0.25) is 0 Å². The van der Waals surface area contributed by atoms with Gasteiger partial charge in [-0.05, 0) is 81.5 Å². The van der Waals surface area contributed by atoms with E-state index in [4.69, 9.17) is 0 Å². The van der Waals surface area contributed by atoms with E-state index in [1.165, 1.54) is 58.3 Å². The van der Waals surface area contributed by atoms with Gasteiger partial charge in [0, 0.05) is 0 Å². The van der Waals surface area contributed by atoms with Crippen LogP contribution in [0, 0.1) is 23.2 Å². The van der Waals surface area contributed by atoms with Crippen molar-refractivity contribution in [1.82, 2.24) is 10.6 Å². The Hall–Kier alpha value is -0.0800. The van der Waals surface area contributed by atoms with E-state index in [1.54, 1.807) is 0 Å². The van der Waals surface area contributed by atoms with E-state index in [9.17, 15) is 0 Å². The zero-order valence-electron chi connectivity index (χ0n) is 10.6. The van der Waals surface area contributed by atoms with Crippen molar-refractivity contribution in [3.63, 3.8) is 0 Å². The van der Waals surface area contributed by atoms with E-state index >= 15 is 0 Å². The van der Waals surface area contributed by atoms with Crippen LogP contribution in [0.25, 0.3) is 0 Å². The van der Waals surface area contributed by atoms with E-state index in [0.717, 1.165) is 23.2 Å². The number of nitrogens with one attached hydrogen (secondary N) is 2. The van der Waals surface area contributed by atoms with Crippen molar-refractivity contribution in [3.05, 3.63) is 0 Å². The van der Waals surface area contributed by atoms with Crippen molar-refractivity contribution in [2.45, 2.75) is 39.0 Å². The predicted octanol–water partition coefficient (Wildman–Crippen LogP) is 2.01. The third-order valence-corrected chi connectivity index (χ3v) is 5.24. The van der Waals surface area contributed by atoms with Crippen LogP contribution < -0.4 is 10.6 Å². The molecule has 0 amide bonds. The highest BCUT2D eigenvalue weighted by Gasteiger charge is 2.53. The summed E-state index contributed by atoms with van der Waals surface area (Å²) in [5.41, 5.74) is 0.765. The SMILES string of the molecule is CC(CNCC1CC12CCNCC2)C1CC1. The molecule has 0 aromatic carbocycles. The van der Waals surface area contributed by atoms with Crippen LogP contribution in [0.15, 0.2) is 0 Å². The summed E-state index contributed by atoms with van der Waals surface area (Å²) in [6.07, 6.45) is 7.33. The zero-order valence-corrected chi connectivity index (χ0v) is 10.6. The third kappa shape index (κ3) is 2.28. The molecule has 0 bridgehead atoms. The van der Waals surface area contributed by atoms with Crippen LogP contribution in [-0.4, -0.2) is 26.2 Å². The lowest BCUT2D eigenvalue weighted by Crippen LogP contribution is -2.32. The average molecular weight is 222 g/mol. The molecule has 0 radical (unpaired) electrons. The van der Waals surface area contributed by atoms with E-state index in [-0.39, 0.29) is 0 Å². The van der Waals surface area contributed by atoms with Crippen molar-refractivity contribution in [3.8, 4) is 0 Å². The van der Waals surface area contributed by atoms with Crippen LogP contribution in [0.2, 0.25) is 0 Å². The number of hydrogen-bond acceptors (Lipinski definition) is 2. The van der Waals surface area contributed by atoms with Crippen LogP contribution in [0.4, 0.5) is 0 Å². The minimum absolute atomic E-state index is 0.765. The Morgan fingerprint density at radius 3 is 2.75 bits per heavy atom. The molecule has 1 saturated heterocycles. The van der Waals surface area contributed by atoms with Gasteiger partial charge in [-0.15, -0.1) is 0 Å². The average Bonchev–Trinajstić information content (AvgIpc) is 3.17. The van der Waals surface area contributed by atoms with E-state index in [0.29, 0.717) is 0 Å². The second-order valence-corrected chi connectivity index (χ2v) is 6.49. The highest BCUT2D eigenvalue weighted by atomic mass is 14.9. The molecule has 2 saturated carbocycles. The van der Waals surface area contributed by atoms with E-state index < -0.39 is 0 Å². The lowest BCUT2D eigenvalue weighted by Gasteiger charge is -2.23. The van der Waals surface area contributed by atoms with Gasteiger partial charge < -0.3 is 10.6 Å². The minimum atomic E-state index is 0.765. The van der Waals surface area contributed by atoms with Gasteiger partial charge >= 0.3 is 0 Å². The van der Waals surface area contributed by atoms with Gasteiger partial charge in [0.25, 0.3) is 0 Å². The van der Waals surface area contributed by atoms with Crippen LogP contribution >= 0.6 is 0 Å². The Labute approximate surface area is 99.6 Å². The van der Waals surface area contributed by atoms with Crippen LogP contribution in [0.3, 0.4) is 0 Å². The lowest BCUT2D eigenvalue weighted by atomic mass is 9.92. The molecule has 3 fully saturated rings. The molecule has 2 nitrogen and oxygen atoms in total. The van der Waals surface area contributed by atoms with Crippen LogP contribution in [0.1, 0.15) is 39.0 Å². The molecule has 1 spiro atoms. The van der Waals surface area contributed by atoms with Crippen LogP contribution in [0.5, 0.6) is 0 Å². The molecule has 3 aliphatic rings. The fourth-order valence-corrected chi connectivity index (χ4v) is 3.57. The minimum Gasteiger partial charge on any atom is -0.317 e. The lowest BCUT2D eigenvalue weighted by molar-refractivity contribution is 0.316. The molecular formula is C14H26N2. The van der Waals surface area contributed by atoms with Crippen molar-refractivity contribution in [1.29, 1.82) is 0 Å². The molecule has 2 atom stereocenters. The van der Waals surface area contributed by atoms with Gasteiger partial charge in [-0.2, -0.15) is 0 Å². The smallest absolute Gasteiger partial charge is 0.00149 e. The second kappa shape index (κ2) is 4.30. The largest absolute Gasteiger partial charge is 0.317 e.